The number of carboxylic acids is 1. The molecule has 0 spiro atoms. The van der Waals surface area contributed by atoms with E-state index < -0.39 is 12.5 Å². The number of ether oxygens (including phenoxy) is 1. The fourth-order valence-corrected chi connectivity index (χ4v) is 3.04. The van der Waals surface area contributed by atoms with Crippen LogP contribution in [-0.2, 0) is 11.3 Å². The molecule has 2 aromatic rings. The summed E-state index contributed by atoms with van der Waals surface area (Å²) in [4.78, 5) is 24.9. The van der Waals surface area contributed by atoms with Crippen LogP contribution >= 0.6 is 0 Å². The van der Waals surface area contributed by atoms with Crippen molar-refractivity contribution >= 4 is 11.9 Å². The van der Waals surface area contributed by atoms with Crippen LogP contribution in [0.15, 0.2) is 48.5 Å². The number of para-hydroxylation sites is 1. The summed E-state index contributed by atoms with van der Waals surface area (Å²) in [5.74, 6) is 6.41. The van der Waals surface area contributed by atoms with Gasteiger partial charge in [0.2, 0.25) is 0 Å². The number of carbonyl (C=O) groups is 2. The number of hydrogen-bond acceptors (Lipinski definition) is 3. The maximum absolute atomic E-state index is 12.9. The molecule has 1 unspecified atom stereocenters. The highest BCUT2D eigenvalue weighted by Crippen LogP contribution is 2.27. The van der Waals surface area contributed by atoms with Gasteiger partial charge in [0.25, 0.3) is 5.91 Å². The Kier molecular flexibility index (Phi) is 7.60. The molecular formula is C26H29NO4. The predicted molar refractivity (Wildman–Crippen MR) is 120 cm³/mol. The summed E-state index contributed by atoms with van der Waals surface area (Å²) in [6, 6.07) is 14.4. The minimum Gasteiger partial charge on any atom is -0.493 e. The van der Waals surface area contributed by atoms with Gasteiger partial charge in [-0.25, -0.2) is 0 Å². The summed E-state index contributed by atoms with van der Waals surface area (Å²) >= 11 is 0. The van der Waals surface area contributed by atoms with Gasteiger partial charge in [-0.3, -0.25) is 9.59 Å². The summed E-state index contributed by atoms with van der Waals surface area (Å²) < 4.78 is 14.5. The zero-order chi connectivity index (χ0) is 22.9. The van der Waals surface area contributed by atoms with Crippen molar-refractivity contribution in [3.63, 3.8) is 0 Å². The highest BCUT2D eigenvalue weighted by molar-refractivity contribution is 5.94. The number of benzene rings is 2. The third-order valence-corrected chi connectivity index (χ3v) is 4.99. The molecule has 3 rings (SSSR count). The number of amides is 1. The fourth-order valence-electron chi connectivity index (χ4n) is 3.04. The van der Waals surface area contributed by atoms with Crippen molar-refractivity contribution in [1.29, 1.82) is 0 Å². The Balaban J connectivity index is 1.58. The van der Waals surface area contributed by atoms with Crippen LogP contribution in [0, 0.1) is 17.8 Å². The number of hydrogen-bond donors (Lipinski definition) is 1. The molecule has 0 radical (unpaired) electrons. The molecule has 1 atom stereocenters. The lowest BCUT2D eigenvalue weighted by Gasteiger charge is -2.19. The van der Waals surface area contributed by atoms with Gasteiger partial charge in [-0.1, -0.05) is 30.0 Å². The Labute approximate surface area is 185 Å². The zero-order valence-electron chi connectivity index (χ0n) is 18.8. The number of carbonyl (C=O) groups excluding carboxylic acids is 1. The lowest BCUT2D eigenvalue weighted by atomic mass is 10.1. The van der Waals surface area contributed by atoms with Crippen LogP contribution in [0.3, 0.4) is 0 Å². The van der Waals surface area contributed by atoms with Crippen molar-refractivity contribution in [3.8, 4) is 17.6 Å². The van der Waals surface area contributed by atoms with Crippen molar-refractivity contribution in [2.45, 2.75) is 45.0 Å². The Morgan fingerprint density at radius 1 is 1.13 bits per heavy atom. The monoisotopic (exact) mass is 420 g/mol. The van der Waals surface area contributed by atoms with Gasteiger partial charge in [0.1, 0.15) is 5.75 Å². The van der Waals surface area contributed by atoms with Gasteiger partial charge in [0.05, 0.1) is 7.98 Å². The van der Waals surface area contributed by atoms with E-state index in [-0.39, 0.29) is 12.3 Å². The third kappa shape index (κ3) is 7.49. The van der Waals surface area contributed by atoms with Crippen molar-refractivity contribution in [3.05, 3.63) is 65.2 Å². The molecule has 1 N–H and O–H groups in total. The molecule has 0 aromatic heterocycles. The maximum atomic E-state index is 12.9. The minimum absolute atomic E-state index is 0.159. The van der Waals surface area contributed by atoms with E-state index in [1.54, 1.807) is 31.3 Å². The smallest absolute Gasteiger partial charge is 0.303 e. The Hall–Kier alpha value is -3.26. The topological polar surface area (TPSA) is 66.8 Å². The van der Waals surface area contributed by atoms with Crippen molar-refractivity contribution in [1.82, 2.24) is 4.90 Å². The Morgan fingerprint density at radius 3 is 2.58 bits per heavy atom. The second kappa shape index (κ2) is 11.2. The summed E-state index contributed by atoms with van der Waals surface area (Å²) in [5, 5.41) is 8.69. The van der Waals surface area contributed by atoms with Crippen LogP contribution in [-0.4, -0.2) is 35.5 Å². The first kappa shape index (κ1) is 21.0. The first-order valence-corrected chi connectivity index (χ1v) is 10.7. The molecule has 0 saturated heterocycles. The molecule has 0 bridgehead atoms. The number of nitrogens with zero attached hydrogens (tertiary/aromatic N) is 1. The standard InChI is InChI=1S/C26H29NO4/c1-27(26(30)22-16-14-21(15-17-22)13-12-20-10-11-20)19-23-7-4-5-8-24(23)31-18-6-2-3-9-25(28)29/h4-5,7-8,14-17,20H,2-3,6,9-11,18-19H2,1H3,(H,28,29)/i19D. The normalized spacial score (nSPS) is 14.0. The molecule has 2 aromatic carbocycles. The molecule has 5 nitrogen and oxygen atoms in total. The van der Waals surface area contributed by atoms with Crippen LogP contribution < -0.4 is 4.74 Å². The van der Waals surface area contributed by atoms with Crippen LogP contribution in [0.4, 0.5) is 0 Å². The van der Waals surface area contributed by atoms with Gasteiger partial charge >= 0.3 is 5.97 Å². The van der Waals surface area contributed by atoms with Crippen molar-refractivity contribution in [2.24, 2.45) is 5.92 Å². The summed E-state index contributed by atoms with van der Waals surface area (Å²) in [6.45, 7) is -0.482. The molecule has 162 valence electrons. The van der Waals surface area contributed by atoms with Crippen molar-refractivity contribution < 1.29 is 20.8 Å². The van der Waals surface area contributed by atoms with Gasteiger partial charge < -0.3 is 14.7 Å². The summed E-state index contributed by atoms with van der Waals surface area (Å²) in [6.07, 6.45) is 4.62. The molecule has 1 aliphatic carbocycles. The largest absolute Gasteiger partial charge is 0.493 e. The van der Waals surface area contributed by atoms with Crippen LogP contribution in [0.2, 0.25) is 0 Å². The second-order valence-corrected chi connectivity index (χ2v) is 7.76. The molecule has 5 heteroatoms. The van der Waals surface area contributed by atoms with E-state index in [9.17, 15) is 9.59 Å². The molecule has 1 fully saturated rings. The molecule has 0 heterocycles. The first-order chi connectivity index (χ1) is 15.5. The van der Waals surface area contributed by atoms with E-state index >= 15 is 0 Å². The maximum Gasteiger partial charge on any atom is 0.303 e. The highest BCUT2D eigenvalue weighted by atomic mass is 16.5. The SMILES string of the molecule is [2H]C(c1ccccc1OCCCCCC(=O)O)N(C)C(=O)c1ccc(C#CC2CC2)cc1. The van der Waals surface area contributed by atoms with E-state index in [2.05, 4.69) is 11.8 Å². The van der Waals surface area contributed by atoms with E-state index in [0.29, 0.717) is 35.8 Å². The summed E-state index contributed by atoms with van der Waals surface area (Å²) in [7, 11) is 1.61. The second-order valence-electron chi connectivity index (χ2n) is 7.76. The van der Waals surface area contributed by atoms with Gasteiger partial charge in [-0.15, -0.1) is 0 Å². The minimum atomic E-state index is -0.917. The molecule has 1 saturated carbocycles. The molecule has 0 aliphatic heterocycles. The lowest BCUT2D eigenvalue weighted by Crippen LogP contribution is -2.26. The van der Waals surface area contributed by atoms with Gasteiger partial charge in [0, 0.05) is 42.6 Å². The van der Waals surface area contributed by atoms with Gasteiger partial charge in [-0.05, 0) is 62.4 Å². The number of unbranched alkanes of at least 4 members (excludes halogenated alkanes) is 2. The van der Waals surface area contributed by atoms with Gasteiger partial charge in [-0.2, -0.15) is 0 Å². The van der Waals surface area contributed by atoms with Crippen molar-refractivity contribution in [2.75, 3.05) is 13.7 Å². The van der Waals surface area contributed by atoms with Crippen LogP contribution in [0.25, 0.3) is 0 Å². The molecule has 1 amide bonds. The molecule has 31 heavy (non-hydrogen) atoms. The van der Waals surface area contributed by atoms with E-state index in [0.717, 1.165) is 18.4 Å². The zero-order valence-corrected chi connectivity index (χ0v) is 17.8. The van der Waals surface area contributed by atoms with Crippen LogP contribution in [0.1, 0.15) is 61.4 Å². The van der Waals surface area contributed by atoms with E-state index in [4.69, 9.17) is 11.2 Å². The first-order valence-electron chi connectivity index (χ1n) is 11.3. The van der Waals surface area contributed by atoms with E-state index in [1.165, 1.54) is 17.7 Å². The van der Waals surface area contributed by atoms with Crippen LogP contribution in [0.5, 0.6) is 5.75 Å². The van der Waals surface area contributed by atoms with Gasteiger partial charge in [0.15, 0.2) is 0 Å². The Morgan fingerprint density at radius 2 is 1.87 bits per heavy atom. The molecular weight excluding hydrogens is 390 g/mol. The van der Waals surface area contributed by atoms with E-state index in [1.807, 2.05) is 24.3 Å². The average Bonchev–Trinajstić information content (AvgIpc) is 3.63. The quantitative estimate of drug-likeness (QED) is 0.445. The summed E-state index contributed by atoms with van der Waals surface area (Å²) in [5.41, 5.74) is 2.01. The third-order valence-electron chi connectivity index (χ3n) is 4.99. The fraction of sp³-hybridized carbons (Fsp3) is 0.385. The average molecular weight is 421 g/mol. The predicted octanol–water partition coefficient (Wildman–Crippen LogP) is 4.74. The lowest BCUT2D eigenvalue weighted by molar-refractivity contribution is -0.137. The molecule has 1 aliphatic rings. The number of carboxylic acid groups (broad SMARTS) is 1. The number of aliphatic carboxylic acids is 1. The Bertz CT molecular complexity index is 989. The highest BCUT2D eigenvalue weighted by Gasteiger charge is 2.18. The number of rotatable bonds is 10.